The van der Waals surface area contributed by atoms with Gasteiger partial charge in [-0.2, -0.15) is 0 Å². The van der Waals surface area contributed by atoms with Crippen molar-refractivity contribution in [2.75, 3.05) is 5.32 Å². The van der Waals surface area contributed by atoms with Gasteiger partial charge >= 0.3 is 0 Å². The van der Waals surface area contributed by atoms with Gasteiger partial charge in [0.1, 0.15) is 5.82 Å². The molecule has 1 heterocycles. The van der Waals surface area contributed by atoms with E-state index >= 15 is 0 Å². The maximum Gasteiger partial charge on any atom is 0.260 e. The molecule has 5 heteroatoms. The summed E-state index contributed by atoms with van der Waals surface area (Å²) in [5, 5.41) is 10.4. The van der Waals surface area contributed by atoms with Crippen molar-refractivity contribution in [1.29, 1.82) is 0 Å². The quantitative estimate of drug-likeness (QED) is 0.341. The van der Waals surface area contributed by atoms with E-state index < -0.39 is 5.50 Å². The third-order valence-corrected chi connectivity index (χ3v) is 6.01. The monoisotopic (exact) mass is 400 g/mol. The Morgan fingerprint density at radius 3 is 2.21 bits per heavy atom. The summed E-state index contributed by atoms with van der Waals surface area (Å²) in [4.78, 5) is 13.2. The van der Waals surface area contributed by atoms with Gasteiger partial charge in [0.25, 0.3) is 5.91 Å². The van der Waals surface area contributed by atoms with Crippen LogP contribution in [0.5, 0.6) is 0 Å². The Morgan fingerprint density at radius 2 is 1.52 bits per heavy atom. The zero-order valence-corrected chi connectivity index (χ0v) is 16.2. The van der Waals surface area contributed by atoms with Crippen LogP contribution < -0.4 is 10.6 Å². The van der Waals surface area contributed by atoms with E-state index in [1.54, 1.807) is 18.2 Å². The minimum absolute atomic E-state index is 0.166. The van der Waals surface area contributed by atoms with Gasteiger partial charge in [-0.15, -0.1) is 0 Å². The average Bonchev–Trinajstić information content (AvgIpc) is 3.08. The fraction of sp³-hybridized carbons (Fsp3) is 0.0417. The number of hydrogen-bond donors (Lipinski definition) is 2. The van der Waals surface area contributed by atoms with E-state index in [9.17, 15) is 9.18 Å². The van der Waals surface area contributed by atoms with Crippen LogP contribution in [0.3, 0.4) is 0 Å². The van der Waals surface area contributed by atoms with Crippen molar-refractivity contribution in [2.24, 2.45) is 0 Å². The Balaban J connectivity index is 1.55. The molecule has 1 unspecified atom stereocenters. The lowest BCUT2D eigenvalue weighted by atomic mass is 9.96. The fourth-order valence-electron chi connectivity index (χ4n) is 3.62. The minimum Gasteiger partial charge on any atom is -0.354 e. The van der Waals surface area contributed by atoms with Gasteiger partial charge in [0, 0.05) is 0 Å². The van der Waals surface area contributed by atoms with E-state index in [1.165, 1.54) is 17.8 Å². The number of anilines is 1. The maximum atomic E-state index is 13.9. The average molecular weight is 400 g/mol. The summed E-state index contributed by atoms with van der Waals surface area (Å²) in [7, 11) is 0. The number of carbonyl (C=O) groups excluding carboxylic acids is 1. The molecule has 0 radical (unpaired) electrons. The van der Waals surface area contributed by atoms with Crippen LogP contribution in [0.2, 0.25) is 0 Å². The molecule has 0 spiro atoms. The number of benzene rings is 4. The van der Waals surface area contributed by atoms with Gasteiger partial charge < -0.3 is 10.6 Å². The molecule has 4 aromatic rings. The molecule has 2 N–H and O–H groups in total. The first-order valence-electron chi connectivity index (χ1n) is 9.30. The fourth-order valence-corrected chi connectivity index (χ4v) is 4.58. The summed E-state index contributed by atoms with van der Waals surface area (Å²) < 4.78 is 13.9. The Labute approximate surface area is 171 Å². The molecule has 5 rings (SSSR count). The van der Waals surface area contributed by atoms with Crippen LogP contribution in [0, 0.1) is 5.82 Å². The van der Waals surface area contributed by atoms with E-state index in [-0.39, 0.29) is 11.7 Å². The Morgan fingerprint density at radius 1 is 0.897 bits per heavy atom. The van der Waals surface area contributed by atoms with Crippen LogP contribution in [0.25, 0.3) is 27.6 Å². The van der Waals surface area contributed by atoms with Gasteiger partial charge in [-0.05, 0) is 51.4 Å². The summed E-state index contributed by atoms with van der Waals surface area (Å²) in [6.45, 7) is 0. The first kappa shape index (κ1) is 17.8. The summed E-state index contributed by atoms with van der Waals surface area (Å²) in [5.74, 6) is -0.513. The van der Waals surface area contributed by atoms with Crippen LogP contribution in [0.1, 0.15) is 5.56 Å². The molecule has 29 heavy (non-hydrogen) atoms. The number of amides is 1. The normalized spacial score (nSPS) is 17.8. The standard InChI is InChI=1S/C24H17FN2OS/c25-20-11-5-6-12-21(20)26-24-27-23(28)22(29-24)14-19-17-9-3-1-7-15(17)13-16-8-2-4-10-18(16)19/h1-14,24,26H,(H,27,28)/b22-14-. The molecule has 0 bridgehead atoms. The molecule has 1 saturated heterocycles. The molecule has 1 amide bonds. The Hall–Kier alpha value is -3.31. The van der Waals surface area contributed by atoms with E-state index in [2.05, 4.69) is 41.0 Å². The van der Waals surface area contributed by atoms with E-state index in [4.69, 9.17) is 0 Å². The topological polar surface area (TPSA) is 41.1 Å². The molecular formula is C24H17FN2OS. The molecule has 142 valence electrons. The van der Waals surface area contributed by atoms with Gasteiger partial charge in [-0.1, -0.05) is 72.4 Å². The zero-order chi connectivity index (χ0) is 19.8. The largest absolute Gasteiger partial charge is 0.354 e. The van der Waals surface area contributed by atoms with Crippen molar-refractivity contribution in [1.82, 2.24) is 5.32 Å². The molecule has 3 nitrogen and oxygen atoms in total. The van der Waals surface area contributed by atoms with Gasteiger partial charge in [0.15, 0.2) is 5.50 Å². The molecule has 0 aromatic heterocycles. The highest BCUT2D eigenvalue weighted by Gasteiger charge is 2.28. The van der Waals surface area contributed by atoms with Crippen LogP contribution in [0.15, 0.2) is 83.8 Å². The second-order valence-electron chi connectivity index (χ2n) is 6.84. The van der Waals surface area contributed by atoms with Gasteiger partial charge in [-0.3, -0.25) is 4.79 Å². The van der Waals surface area contributed by atoms with E-state index in [1.807, 2.05) is 30.3 Å². The third kappa shape index (κ3) is 3.34. The van der Waals surface area contributed by atoms with Crippen molar-refractivity contribution in [2.45, 2.75) is 5.50 Å². The number of nitrogens with one attached hydrogen (secondary N) is 2. The highest BCUT2D eigenvalue weighted by molar-refractivity contribution is 8.05. The highest BCUT2D eigenvalue weighted by Crippen LogP contribution is 2.35. The van der Waals surface area contributed by atoms with Crippen LogP contribution in [-0.4, -0.2) is 11.4 Å². The van der Waals surface area contributed by atoms with Crippen LogP contribution in [-0.2, 0) is 4.79 Å². The summed E-state index contributed by atoms with van der Waals surface area (Å²) in [6.07, 6.45) is 1.94. The van der Waals surface area contributed by atoms with E-state index in [0.29, 0.717) is 10.6 Å². The third-order valence-electron chi connectivity index (χ3n) is 4.98. The SMILES string of the molecule is O=C1NC(Nc2ccccc2F)S/C1=C\c1c2ccccc2cc2ccccc12. The van der Waals surface area contributed by atoms with Gasteiger partial charge in [0.2, 0.25) is 0 Å². The van der Waals surface area contributed by atoms with Crippen molar-refractivity contribution >= 4 is 51.0 Å². The molecule has 1 aliphatic heterocycles. The van der Waals surface area contributed by atoms with E-state index in [0.717, 1.165) is 27.1 Å². The molecule has 4 aromatic carbocycles. The van der Waals surface area contributed by atoms with Crippen LogP contribution >= 0.6 is 11.8 Å². The molecule has 1 atom stereocenters. The number of thioether (sulfide) groups is 1. The zero-order valence-electron chi connectivity index (χ0n) is 15.4. The summed E-state index contributed by atoms with van der Waals surface area (Å²) in [6, 6.07) is 24.9. The number of halogens is 1. The number of para-hydroxylation sites is 1. The van der Waals surface area contributed by atoms with Gasteiger partial charge in [0.05, 0.1) is 10.6 Å². The molecule has 1 fully saturated rings. The summed E-state index contributed by atoms with van der Waals surface area (Å²) >= 11 is 1.36. The van der Waals surface area contributed by atoms with Crippen molar-refractivity contribution < 1.29 is 9.18 Å². The lowest BCUT2D eigenvalue weighted by molar-refractivity contribution is -0.116. The predicted octanol–water partition coefficient (Wildman–Crippen LogP) is 5.73. The number of hydrogen-bond acceptors (Lipinski definition) is 3. The summed E-state index contributed by atoms with van der Waals surface area (Å²) in [5.41, 5.74) is 0.956. The van der Waals surface area contributed by atoms with Gasteiger partial charge in [-0.25, -0.2) is 4.39 Å². The lowest BCUT2D eigenvalue weighted by Gasteiger charge is -2.13. The molecular weight excluding hydrogens is 383 g/mol. The smallest absolute Gasteiger partial charge is 0.260 e. The first-order chi connectivity index (χ1) is 14.2. The van der Waals surface area contributed by atoms with Crippen molar-refractivity contribution in [3.05, 3.63) is 95.1 Å². The minimum atomic E-state index is -0.424. The molecule has 0 aliphatic carbocycles. The number of rotatable bonds is 3. The lowest BCUT2D eigenvalue weighted by Crippen LogP contribution is -2.31. The maximum absolute atomic E-state index is 13.9. The molecule has 0 saturated carbocycles. The second-order valence-corrected chi connectivity index (χ2v) is 7.98. The predicted molar refractivity (Wildman–Crippen MR) is 119 cm³/mol. The van der Waals surface area contributed by atoms with Crippen molar-refractivity contribution in [3.63, 3.8) is 0 Å². The molecule has 1 aliphatic rings. The Bertz CT molecular complexity index is 1230. The van der Waals surface area contributed by atoms with Crippen LogP contribution in [0.4, 0.5) is 10.1 Å². The number of carbonyl (C=O) groups is 1. The highest BCUT2D eigenvalue weighted by atomic mass is 32.2. The number of fused-ring (bicyclic) bond motifs is 2. The first-order valence-corrected chi connectivity index (χ1v) is 10.2. The van der Waals surface area contributed by atoms with Crippen molar-refractivity contribution in [3.8, 4) is 0 Å². The Kier molecular flexibility index (Phi) is 4.45. The second kappa shape index (κ2) is 7.26.